The zero-order valence-corrected chi connectivity index (χ0v) is 17.5. The minimum Gasteiger partial charge on any atom is -0.379 e. The summed E-state index contributed by atoms with van der Waals surface area (Å²) in [5.41, 5.74) is 3.66. The summed E-state index contributed by atoms with van der Waals surface area (Å²) in [5.74, 6) is -0.0815. The summed E-state index contributed by atoms with van der Waals surface area (Å²) >= 11 is 7.73. The summed E-state index contributed by atoms with van der Waals surface area (Å²) < 4.78 is 5.38. The lowest BCUT2D eigenvalue weighted by atomic mass is 10.2. The molecular weight excluding hydrogens is 406 g/mol. The summed E-state index contributed by atoms with van der Waals surface area (Å²) in [5, 5.41) is 6.34. The Kier molecular flexibility index (Phi) is 6.56. The van der Waals surface area contributed by atoms with Gasteiger partial charge >= 0.3 is 0 Å². The number of carbonyl (C=O) groups is 1. The third-order valence-electron chi connectivity index (χ3n) is 4.75. The summed E-state index contributed by atoms with van der Waals surface area (Å²) in [6.45, 7) is 4.41. The quantitative estimate of drug-likeness (QED) is 0.630. The fourth-order valence-electron chi connectivity index (χ4n) is 3.23. The molecule has 1 amide bonds. The van der Waals surface area contributed by atoms with Crippen LogP contribution in [0.3, 0.4) is 0 Å². The van der Waals surface area contributed by atoms with Gasteiger partial charge in [0, 0.05) is 36.3 Å². The molecule has 1 N–H and O–H groups in total. The van der Waals surface area contributed by atoms with Crippen molar-refractivity contribution >= 4 is 34.5 Å². The largest absolute Gasteiger partial charge is 0.379 e. The van der Waals surface area contributed by atoms with E-state index in [9.17, 15) is 4.79 Å². The number of carbonyl (C=O) groups excluding carboxylic acids is 1. The molecular formula is C22H22ClN3O2S. The van der Waals surface area contributed by atoms with Gasteiger partial charge in [0.15, 0.2) is 0 Å². The number of amides is 1. The number of rotatable bonds is 6. The van der Waals surface area contributed by atoms with E-state index < -0.39 is 0 Å². The van der Waals surface area contributed by atoms with Gasteiger partial charge in [0.2, 0.25) is 5.91 Å². The number of benzene rings is 2. The molecule has 0 bridgehead atoms. The number of halogens is 1. The number of nitrogens with one attached hydrogen (secondary N) is 1. The van der Waals surface area contributed by atoms with Crippen molar-refractivity contribution < 1.29 is 9.53 Å². The summed E-state index contributed by atoms with van der Waals surface area (Å²) in [6, 6.07) is 15.6. The van der Waals surface area contributed by atoms with E-state index in [-0.39, 0.29) is 12.3 Å². The van der Waals surface area contributed by atoms with Crippen molar-refractivity contribution in [2.75, 3.05) is 31.6 Å². The van der Waals surface area contributed by atoms with E-state index in [4.69, 9.17) is 16.3 Å². The summed E-state index contributed by atoms with van der Waals surface area (Å²) in [6.07, 6.45) is 0.233. The van der Waals surface area contributed by atoms with E-state index in [1.807, 2.05) is 41.8 Å². The van der Waals surface area contributed by atoms with E-state index in [0.29, 0.717) is 5.02 Å². The highest BCUT2D eigenvalue weighted by molar-refractivity contribution is 7.13. The van der Waals surface area contributed by atoms with Gasteiger partial charge < -0.3 is 10.1 Å². The Hall–Kier alpha value is -2.25. The Morgan fingerprint density at radius 2 is 1.90 bits per heavy atom. The first kappa shape index (κ1) is 20.0. The fraction of sp³-hybridized carbons (Fsp3) is 0.273. The molecule has 1 fully saturated rings. The lowest BCUT2D eigenvalue weighted by Gasteiger charge is -2.26. The van der Waals surface area contributed by atoms with Crippen molar-refractivity contribution in [1.82, 2.24) is 9.88 Å². The molecule has 1 aliphatic heterocycles. The SMILES string of the molecule is O=C(Cc1csc(-c2ccccc2Cl)n1)Nc1ccc(CN2CCOCC2)cc1. The molecule has 1 aliphatic rings. The maximum Gasteiger partial charge on any atom is 0.230 e. The molecule has 0 atom stereocenters. The van der Waals surface area contributed by atoms with Crippen molar-refractivity contribution in [3.05, 3.63) is 70.2 Å². The van der Waals surface area contributed by atoms with Crippen LogP contribution >= 0.6 is 22.9 Å². The number of nitrogens with zero attached hydrogens (tertiary/aromatic N) is 2. The maximum absolute atomic E-state index is 12.4. The first-order valence-corrected chi connectivity index (χ1v) is 10.8. The van der Waals surface area contributed by atoms with Gasteiger partial charge in [-0.05, 0) is 23.8 Å². The number of hydrogen-bond donors (Lipinski definition) is 1. The van der Waals surface area contributed by atoms with E-state index >= 15 is 0 Å². The smallest absolute Gasteiger partial charge is 0.230 e. The van der Waals surface area contributed by atoms with Crippen LogP contribution in [0, 0.1) is 0 Å². The Bertz CT molecular complexity index is 968. The van der Waals surface area contributed by atoms with Crippen LogP contribution < -0.4 is 5.32 Å². The van der Waals surface area contributed by atoms with Gasteiger partial charge in [0.05, 0.1) is 30.4 Å². The predicted molar refractivity (Wildman–Crippen MR) is 117 cm³/mol. The number of ether oxygens (including phenoxy) is 1. The summed E-state index contributed by atoms with van der Waals surface area (Å²) in [7, 11) is 0. The van der Waals surface area contributed by atoms with Crippen LogP contribution in [0.1, 0.15) is 11.3 Å². The third kappa shape index (κ3) is 5.42. The van der Waals surface area contributed by atoms with Gasteiger partial charge in [-0.25, -0.2) is 4.98 Å². The van der Waals surface area contributed by atoms with Gasteiger partial charge in [0.25, 0.3) is 0 Å². The number of aromatic nitrogens is 1. The molecule has 7 heteroatoms. The second-order valence-electron chi connectivity index (χ2n) is 6.93. The van der Waals surface area contributed by atoms with Crippen LogP contribution in [0.25, 0.3) is 10.6 Å². The Morgan fingerprint density at radius 3 is 2.66 bits per heavy atom. The highest BCUT2D eigenvalue weighted by Crippen LogP contribution is 2.30. The minimum absolute atomic E-state index is 0.0815. The predicted octanol–water partition coefficient (Wildman–Crippen LogP) is 4.48. The van der Waals surface area contributed by atoms with Crippen LogP contribution in [-0.2, 0) is 22.5 Å². The van der Waals surface area contributed by atoms with Gasteiger partial charge in [0.1, 0.15) is 5.01 Å². The number of morpholine rings is 1. The lowest BCUT2D eigenvalue weighted by molar-refractivity contribution is -0.115. The first-order chi connectivity index (χ1) is 14.2. The Morgan fingerprint density at radius 1 is 1.14 bits per heavy atom. The van der Waals surface area contributed by atoms with Crippen LogP contribution in [0.15, 0.2) is 53.9 Å². The van der Waals surface area contributed by atoms with Crippen LogP contribution in [-0.4, -0.2) is 42.1 Å². The Labute approximate surface area is 179 Å². The maximum atomic E-state index is 12.4. The van der Waals surface area contributed by atoms with Crippen molar-refractivity contribution in [2.24, 2.45) is 0 Å². The van der Waals surface area contributed by atoms with E-state index in [1.54, 1.807) is 0 Å². The Balaban J connectivity index is 1.32. The highest BCUT2D eigenvalue weighted by atomic mass is 35.5. The van der Waals surface area contributed by atoms with Crippen molar-refractivity contribution in [2.45, 2.75) is 13.0 Å². The average Bonchev–Trinajstić information content (AvgIpc) is 3.18. The molecule has 4 rings (SSSR count). The zero-order valence-electron chi connectivity index (χ0n) is 15.9. The van der Waals surface area contributed by atoms with Gasteiger partial charge in [-0.15, -0.1) is 11.3 Å². The molecule has 0 aliphatic carbocycles. The molecule has 0 spiro atoms. The number of thiazole rings is 1. The zero-order chi connectivity index (χ0) is 20.1. The molecule has 5 nitrogen and oxygen atoms in total. The molecule has 1 saturated heterocycles. The number of hydrogen-bond acceptors (Lipinski definition) is 5. The van der Waals surface area contributed by atoms with E-state index in [0.717, 1.165) is 54.8 Å². The summed E-state index contributed by atoms with van der Waals surface area (Å²) in [4.78, 5) is 19.3. The van der Waals surface area contributed by atoms with Crippen LogP contribution in [0.5, 0.6) is 0 Å². The van der Waals surface area contributed by atoms with E-state index in [1.165, 1.54) is 16.9 Å². The topological polar surface area (TPSA) is 54.5 Å². The average molecular weight is 428 g/mol. The second kappa shape index (κ2) is 9.50. The van der Waals surface area contributed by atoms with Crippen molar-refractivity contribution in [3.8, 4) is 10.6 Å². The van der Waals surface area contributed by atoms with Gasteiger partial charge in [-0.2, -0.15) is 0 Å². The fourth-order valence-corrected chi connectivity index (χ4v) is 4.37. The van der Waals surface area contributed by atoms with Crippen LogP contribution in [0.2, 0.25) is 5.02 Å². The van der Waals surface area contributed by atoms with Gasteiger partial charge in [-0.1, -0.05) is 41.9 Å². The molecule has 0 unspecified atom stereocenters. The highest BCUT2D eigenvalue weighted by Gasteiger charge is 2.12. The van der Waals surface area contributed by atoms with Crippen LogP contribution in [0.4, 0.5) is 5.69 Å². The molecule has 0 saturated carbocycles. The molecule has 29 heavy (non-hydrogen) atoms. The molecule has 3 aromatic rings. The molecule has 2 heterocycles. The molecule has 1 aromatic heterocycles. The van der Waals surface area contributed by atoms with Crippen molar-refractivity contribution in [1.29, 1.82) is 0 Å². The molecule has 2 aromatic carbocycles. The van der Waals surface area contributed by atoms with Gasteiger partial charge in [-0.3, -0.25) is 9.69 Å². The molecule has 0 radical (unpaired) electrons. The first-order valence-electron chi connectivity index (χ1n) is 9.55. The standard InChI is InChI=1S/C22H22ClN3O2S/c23-20-4-2-1-3-19(20)22-25-18(15-29-22)13-21(27)24-17-7-5-16(6-8-17)14-26-9-11-28-12-10-26/h1-8,15H,9-14H2,(H,24,27). The third-order valence-corrected chi connectivity index (χ3v) is 6.00. The number of anilines is 1. The molecule has 150 valence electrons. The second-order valence-corrected chi connectivity index (χ2v) is 8.20. The minimum atomic E-state index is -0.0815. The normalized spacial score (nSPS) is 14.7. The van der Waals surface area contributed by atoms with Crippen molar-refractivity contribution in [3.63, 3.8) is 0 Å². The monoisotopic (exact) mass is 427 g/mol. The lowest BCUT2D eigenvalue weighted by Crippen LogP contribution is -2.35. The van der Waals surface area contributed by atoms with E-state index in [2.05, 4.69) is 27.3 Å².